The molecule has 2 heterocycles. The van der Waals surface area contributed by atoms with Crippen LogP contribution in [0.25, 0.3) is 0 Å². The molecule has 94 valence electrons. The van der Waals surface area contributed by atoms with Gasteiger partial charge in [0.05, 0.1) is 5.69 Å². The van der Waals surface area contributed by atoms with Gasteiger partial charge in [-0.2, -0.15) is 0 Å². The highest BCUT2D eigenvalue weighted by atomic mass is 79.9. The fraction of sp³-hybridized carbons (Fsp3) is 0.400. The van der Waals surface area contributed by atoms with Crippen LogP contribution in [0.2, 0.25) is 0 Å². The lowest BCUT2D eigenvalue weighted by Crippen LogP contribution is -2.14. The van der Waals surface area contributed by atoms with Crippen molar-refractivity contribution in [2.24, 2.45) is 0 Å². The first kappa shape index (κ1) is 12.0. The maximum Gasteiger partial charge on any atom is 0.109 e. The van der Waals surface area contributed by atoms with Gasteiger partial charge in [0.15, 0.2) is 0 Å². The van der Waals surface area contributed by atoms with E-state index in [1.807, 2.05) is 6.07 Å². The number of hydrogen-bond acceptors (Lipinski definition) is 1. The van der Waals surface area contributed by atoms with Crippen LogP contribution in [-0.2, 0) is 12.8 Å². The molecule has 0 radical (unpaired) electrons. The summed E-state index contributed by atoms with van der Waals surface area (Å²) in [4.78, 5) is 4.78. The standard InChI is InChI=1S/C15H17BrN2/c1-11-5-4-8-15-17-13(10-18(11)15)9-12-6-2-3-7-14(12)16/h2-3,6-7,10-11H,4-5,8-9H2,1H3. The Balaban J connectivity index is 1.88. The van der Waals surface area contributed by atoms with Gasteiger partial charge in [0.1, 0.15) is 5.82 Å². The van der Waals surface area contributed by atoms with E-state index < -0.39 is 0 Å². The Morgan fingerprint density at radius 1 is 1.39 bits per heavy atom. The molecule has 1 aromatic heterocycles. The first-order valence-corrected chi connectivity index (χ1v) is 7.33. The molecule has 0 bridgehead atoms. The molecule has 2 nitrogen and oxygen atoms in total. The SMILES string of the molecule is CC1CCCc2nc(Cc3ccccc3Br)cn21. The van der Waals surface area contributed by atoms with Crippen molar-refractivity contribution >= 4 is 15.9 Å². The molecule has 2 aromatic rings. The Bertz CT molecular complexity index is 559. The van der Waals surface area contributed by atoms with Crippen molar-refractivity contribution in [1.29, 1.82) is 0 Å². The maximum atomic E-state index is 4.78. The third kappa shape index (κ3) is 2.24. The summed E-state index contributed by atoms with van der Waals surface area (Å²) in [6, 6.07) is 8.99. The van der Waals surface area contributed by atoms with Crippen molar-refractivity contribution < 1.29 is 0 Å². The van der Waals surface area contributed by atoms with Crippen molar-refractivity contribution in [2.45, 2.75) is 38.6 Å². The minimum absolute atomic E-state index is 0.606. The molecule has 1 aliphatic rings. The summed E-state index contributed by atoms with van der Waals surface area (Å²) in [7, 11) is 0. The van der Waals surface area contributed by atoms with Crippen LogP contribution in [0.5, 0.6) is 0 Å². The van der Waals surface area contributed by atoms with E-state index in [2.05, 4.69) is 51.8 Å². The van der Waals surface area contributed by atoms with Crippen molar-refractivity contribution in [3.05, 3.63) is 52.0 Å². The zero-order chi connectivity index (χ0) is 12.5. The second-order valence-electron chi connectivity index (χ2n) is 5.07. The lowest BCUT2D eigenvalue weighted by molar-refractivity contribution is 0.425. The van der Waals surface area contributed by atoms with Crippen molar-refractivity contribution in [3.8, 4) is 0 Å². The highest BCUT2D eigenvalue weighted by molar-refractivity contribution is 9.10. The Morgan fingerprint density at radius 2 is 2.22 bits per heavy atom. The molecule has 1 aliphatic heterocycles. The van der Waals surface area contributed by atoms with Crippen LogP contribution < -0.4 is 0 Å². The molecule has 0 saturated heterocycles. The number of hydrogen-bond donors (Lipinski definition) is 0. The van der Waals surface area contributed by atoms with Gasteiger partial charge in [-0.05, 0) is 31.4 Å². The smallest absolute Gasteiger partial charge is 0.109 e. The van der Waals surface area contributed by atoms with Gasteiger partial charge in [0.25, 0.3) is 0 Å². The fourth-order valence-corrected chi connectivity index (χ4v) is 3.10. The fourth-order valence-electron chi connectivity index (χ4n) is 2.67. The second kappa shape index (κ2) is 4.88. The Kier molecular flexibility index (Phi) is 3.25. The van der Waals surface area contributed by atoms with E-state index in [1.54, 1.807) is 0 Å². The summed E-state index contributed by atoms with van der Waals surface area (Å²) in [5, 5.41) is 0. The highest BCUT2D eigenvalue weighted by Crippen LogP contribution is 2.26. The average Bonchev–Trinajstić information content (AvgIpc) is 2.76. The minimum atomic E-state index is 0.606. The molecule has 18 heavy (non-hydrogen) atoms. The van der Waals surface area contributed by atoms with Gasteiger partial charge in [-0.25, -0.2) is 4.98 Å². The number of benzene rings is 1. The van der Waals surface area contributed by atoms with E-state index >= 15 is 0 Å². The number of halogens is 1. The summed E-state index contributed by atoms with van der Waals surface area (Å²) in [5.74, 6) is 1.26. The van der Waals surface area contributed by atoms with Crippen molar-refractivity contribution in [2.75, 3.05) is 0 Å². The van der Waals surface area contributed by atoms with Gasteiger partial charge in [0, 0.05) is 29.6 Å². The normalized spacial score (nSPS) is 18.7. The van der Waals surface area contributed by atoms with Crippen LogP contribution in [-0.4, -0.2) is 9.55 Å². The predicted molar refractivity (Wildman–Crippen MR) is 76.8 cm³/mol. The summed E-state index contributed by atoms with van der Waals surface area (Å²) in [6.07, 6.45) is 6.82. The van der Waals surface area contributed by atoms with Gasteiger partial charge in [-0.15, -0.1) is 0 Å². The summed E-state index contributed by atoms with van der Waals surface area (Å²) >= 11 is 3.60. The van der Waals surface area contributed by atoms with Gasteiger partial charge >= 0.3 is 0 Å². The Labute approximate surface area is 116 Å². The van der Waals surface area contributed by atoms with Crippen LogP contribution in [0.1, 0.15) is 42.9 Å². The molecule has 0 N–H and O–H groups in total. The molecule has 0 saturated carbocycles. The molecule has 1 unspecified atom stereocenters. The van der Waals surface area contributed by atoms with Gasteiger partial charge < -0.3 is 4.57 Å². The Morgan fingerprint density at radius 3 is 3.00 bits per heavy atom. The van der Waals surface area contributed by atoms with Crippen LogP contribution in [0.4, 0.5) is 0 Å². The first-order chi connectivity index (χ1) is 8.74. The third-order valence-electron chi connectivity index (χ3n) is 3.69. The monoisotopic (exact) mass is 304 g/mol. The summed E-state index contributed by atoms with van der Waals surface area (Å²) in [5.41, 5.74) is 2.49. The van der Waals surface area contributed by atoms with Crippen molar-refractivity contribution in [3.63, 3.8) is 0 Å². The maximum absolute atomic E-state index is 4.78. The number of nitrogens with zero attached hydrogens (tertiary/aromatic N) is 2. The molecular weight excluding hydrogens is 288 g/mol. The number of aromatic nitrogens is 2. The van der Waals surface area contributed by atoms with Gasteiger partial charge in [-0.3, -0.25) is 0 Å². The number of fused-ring (bicyclic) bond motifs is 1. The van der Waals surface area contributed by atoms with E-state index in [4.69, 9.17) is 4.98 Å². The largest absolute Gasteiger partial charge is 0.332 e. The molecule has 3 rings (SSSR count). The molecule has 1 aromatic carbocycles. The lowest BCUT2D eigenvalue weighted by Gasteiger charge is -2.20. The molecular formula is C15H17BrN2. The van der Waals surface area contributed by atoms with E-state index in [9.17, 15) is 0 Å². The molecule has 0 fully saturated rings. The molecule has 0 amide bonds. The number of aryl methyl sites for hydroxylation is 1. The van der Waals surface area contributed by atoms with E-state index in [1.165, 1.54) is 34.4 Å². The second-order valence-corrected chi connectivity index (χ2v) is 5.92. The zero-order valence-corrected chi connectivity index (χ0v) is 12.2. The lowest BCUT2D eigenvalue weighted by atomic mass is 10.1. The predicted octanol–water partition coefficient (Wildman–Crippen LogP) is 4.13. The van der Waals surface area contributed by atoms with E-state index in [0.29, 0.717) is 6.04 Å². The Hall–Kier alpha value is -1.09. The molecule has 1 atom stereocenters. The summed E-state index contributed by atoms with van der Waals surface area (Å²) in [6.45, 7) is 2.28. The van der Waals surface area contributed by atoms with Gasteiger partial charge in [0.2, 0.25) is 0 Å². The quantitative estimate of drug-likeness (QED) is 0.815. The third-order valence-corrected chi connectivity index (χ3v) is 4.46. The molecule has 0 aliphatic carbocycles. The summed E-state index contributed by atoms with van der Waals surface area (Å²) < 4.78 is 3.53. The van der Waals surface area contributed by atoms with E-state index in [0.717, 1.165) is 12.8 Å². The molecule has 0 spiro atoms. The minimum Gasteiger partial charge on any atom is -0.332 e. The topological polar surface area (TPSA) is 17.8 Å². The number of imidazole rings is 1. The van der Waals surface area contributed by atoms with Crippen LogP contribution in [0, 0.1) is 0 Å². The molecule has 3 heteroatoms. The van der Waals surface area contributed by atoms with E-state index in [-0.39, 0.29) is 0 Å². The van der Waals surface area contributed by atoms with Gasteiger partial charge in [-0.1, -0.05) is 34.1 Å². The van der Waals surface area contributed by atoms with Crippen LogP contribution in [0.15, 0.2) is 34.9 Å². The average molecular weight is 305 g/mol. The van der Waals surface area contributed by atoms with Crippen LogP contribution >= 0.6 is 15.9 Å². The van der Waals surface area contributed by atoms with Crippen molar-refractivity contribution in [1.82, 2.24) is 9.55 Å². The zero-order valence-electron chi connectivity index (χ0n) is 10.6. The number of rotatable bonds is 2. The van der Waals surface area contributed by atoms with Crippen LogP contribution in [0.3, 0.4) is 0 Å². The highest BCUT2D eigenvalue weighted by Gasteiger charge is 2.18. The first-order valence-electron chi connectivity index (χ1n) is 6.54.